The summed E-state index contributed by atoms with van der Waals surface area (Å²) in [6, 6.07) is 6.68. The van der Waals surface area contributed by atoms with Crippen LogP contribution in [0.25, 0.3) is 5.65 Å². The van der Waals surface area contributed by atoms with Crippen molar-refractivity contribution in [2.24, 2.45) is 0 Å². The molecule has 0 aliphatic heterocycles. The van der Waals surface area contributed by atoms with E-state index in [-0.39, 0.29) is 0 Å². The monoisotopic (exact) mass is 291 g/mol. The minimum absolute atomic E-state index is 0.488. The number of unbranched alkanes of at least 4 members (excludes halogenated alkanes) is 2. The van der Waals surface area contributed by atoms with Crippen LogP contribution >= 0.6 is 11.8 Å². The second kappa shape index (κ2) is 7.70. The van der Waals surface area contributed by atoms with Gasteiger partial charge in [-0.05, 0) is 24.3 Å². The molecule has 0 saturated carbocycles. The van der Waals surface area contributed by atoms with Crippen LogP contribution < -0.4 is 5.32 Å². The van der Waals surface area contributed by atoms with E-state index in [1.54, 1.807) is 0 Å². The first-order valence-electron chi connectivity index (χ1n) is 7.54. The molecule has 0 fully saturated rings. The lowest BCUT2D eigenvalue weighted by atomic mass is 10.3. The van der Waals surface area contributed by atoms with Crippen LogP contribution in [0.5, 0.6) is 0 Å². The zero-order valence-electron chi connectivity index (χ0n) is 12.7. The van der Waals surface area contributed by atoms with Crippen LogP contribution in [-0.2, 0) is 6.54 Å². The summed E-state index contributed by atoms with van der Waals surface area (Å²) in [7, 11) is 0. The molecule has 2 heterocycles. The fourth-order valence-electron chi connectivity index (χ4n) is 2.12. The van der Waals surface area contributed by atoms with E-state index in [1.807, 2.05) is 17.8 Å². The van der Waals surface area contributed by atoms with Gasteiger partial charge in [-0.1, -0.05) is 39.7 Å². The van der Waals surface area contributed by atoms with Gasteiger partial charge in [0.2, 0.25) is 0 Å². The van der Waals surface area contributed by atoms with E-state index in [4.69, 9.17) is 4.98 Å². The summed E-state index contributed by atoms with van der Waals surface area (Å²) >= 11 is 1.89. The molecule has 20 heavy (non-hydrogen) atoms. The highest BCUT2D eigenvalue weighted by atomic mass is 32.2. The molecule has 0 spiro atoms. The molecule has 0 bridgehead atoms. The average molecular weight is 291 g/mol. The Kier molecular flexibility index (Phi) is 5.92. The second-order valence-electron chi connectivity index (χ2n) is 5.38. The van der Waals surface area contributed by atoms with Crippen LogP contribution in [0.2, 0.25) is 0 Å². The minimum Gasteiger partial charge on any atom is -0.309 e. The van der Waals surface area contributed by atoms with Gasteiger partial charge in [-0.25, -0.2) is 4.98 Å². The first-order chi connectivity index (χ1) is 9.72. The SMILES string of the molecule is CCCCCSc1nc2ccccn2c1CNC(C)C. The van der Waals surface area contributed by atoms with E-state index in [2.05, 4.69) is 48.8 Å². The second-order valence-corrected chi connectivity index (χ2v) is 6.47. The molecule has 2 rings (SSSR count). The molecule has 0 amide bonds. The van der Waals surface area contributed by atoms with Crippen LogP contribution in [0.3, 0.4) is 0 Å². The van der Waals surface area contributed by atoms with Gasteiger partial charge in [0.15, 0.2) is 0 Å². The van der Waals surface area contributed by atoms with Crippen molar-refractivity contribution in [1.82, 2.24) is 14.7 Å². The maximum atomic E-state index is 4.77. The summed E-state index contributed by atoms with van der Waals surface area (Å²) in [5.74, 6) is 1.16. The first-order valence-corrected chi connectivity index (χ1v) is 8.53. The highest BCUT2D eigenvalue weighted by Gasteiger charge is 2.12. The van der Waals surface area contributed by atoms with Crippen LogP contribution in [-0.4, -0.2) is 21.2 Å². The lowest BCUT2D eigenvalue weighted by molar-refractivity contribution is 0.574. The van der Waals surface area contributed by atoms with Gasteiger partial charge in [0.25, 0.3) is 0 Å². The Bertz CT molecular complexity index is 534. The number of fused-ring (bicyclic) bond motifs is 1. The number of nitrogens with one attached hydrogen (secondary N) is 1. The van der Waals surface area contributed by atoms with Crippen LogP contribution in [0.15, 0.2) is 29.4 Å². The molecule has 2 aromatic rings. The summed E-state index contributed by atoms with van der Waals surface area (Å²) in [6.07, 6.45) is 5.95. The molecule has 2 aromatic heterocycles. The number of hydrogen-bond donors (Lipinski definition) is 1. The van der Waals surface area contributed by atoms with Crippen LogP contribution in [0, 0.1) is 0 Å². The van der Waals surface area contributed by atoms with Crippen LogP contribution in [0.4, 0.5) is 0 Å². The summed E-state index contributed by atoms with van der Waals surface area (Å²) in [4.78, 5) is 4.77. The molecule has 0 saturated heterocycles. The smallest absolute Gasteiger partial charge is 0.138 e. The summed E-state index contributed by atoms with van der Waals surface area (Å²) in [5.41, 5.74) is 2.34. The molecular formula is C16H25N3S. The van der Waals surface area contributed by atoms with Crippen molar-refractivity contribution in [3.8, 4) is 0 Å². The van der Waals surface area contributed by atoms with Gasteiger partial charge in [-0.3, -0.25) is 0 Å². The zero-order chi connectivity index (χ0) is 14.4. The molecule has 1 N–H and O–H groups in total. The van der Waals surface area contributed by atoms with E-state index in [9.17, 15) is 0 Å². The van der Waals surface area contributed by atoms with E-state index < -0.39 is 0 Å². The fourth-order valence-corrected chi connectivity index (χ4v) is 3.16. The quantitative estimate of drug-likeness (QED) is 0.586. The molecule has 0 unspecified atom stereocenters. The van der Waals surface area contributed by atoms with Gasteiger partial charge in [0.1, 0.15) is 10.7 Å². The van der Waals surface area contributed by atoms with Gasteiger partial charge >= 0.3 is 0 Å². The lowest BCUT2D eigenvalue weighted by Crippen LogP contribution is -2.23. The van der Waals surface area contributed by atoms with E-state index in [0.717, 1.165) is 17.9 Å². The number of aromatic nitrogens is 2. The number of thioether (sulfide) groups is 1. The first kappa shape index (κ1) is 15.4. The van der Waals surface area contributed by atoms with Gasteiger partial charge in [-0.2, -0.15) is 0 Å². The summed E-state index contributed by atoms with van der Waals surface area (Å²) < 4.78 is 2.21. The normalized spacial score (nSPS) is 11.6. The predicted octanol–water partition coefficient (Wildman–Crippen LogP) is 4.11. The third kappa shape index (κ3) is 4.00. The maximum absolute atomic E-state index is 4.77. The molecule has 0 radical (unpaired) electrons. The van der Waals surface area contributed by atoms with E-state index in [1.165, 1.54) is 30.0 Å². The van der Waals surface area contributed by atoms with Gasteiger partial charge < -0.3 is 9.72 Å². The van der Waals surface area contributed by atoms with Gasteiger partial charge in [0, 0.05) is 18.8 Å². The zero-order valence-corrected chi connectivity index (χ0v) is 13.5. The molecule has 0 aliphatic carbocycles. The maximum Gasteiger partial charge on any atom is 0.138 e. The van der Waals surface area contributed by atoms with Crippen molar-refractivity contribution in [2.45, 2.75) is 57.6 Å². The Labute approximate surface area is 126 Å². The van der Waals surface area contributed by atoms with Crippen molar-refractivity contribution < 1.29 is 0 Å². The number of rotatable bonds is 8. The Morgan fingerprint density at radius 2 is 2.15 bits per heavy atom. The molecular weight excluding hydrogens is 266 g/mol. The van der Waals surface area contributed by atoms with Crippen molar-refractivity contribution >= 4 is 17.4 Å². The topological polar surface area (TPSA) is 29.3 Å². The third-order valence-electron chi connectivity index (χ3n) is 3.26. The minimum atomic E-state index is 0.488. The number of pyridine rings is 1. The average Bonchev–Trinajstić information content (AvgIpc) is 2.79. The van der Waals surface area contributed by atoms with Gasteiger partial charge in [0.05, 0.1) is 5.69 Å². The Hall–Kier alpha value is -1.00. The molecule has 0 atom stereocenters. The largest absolute Gasteiger partial charge is 0.309 e. The molecule has 3 nitrogen and oxygen atoms in total. The number of hydrogen-bond acceptors (Lipinski definition) is 3. The summed E-state index contributed by atoms with van der Waals surface area (Å²) in [5, 5.41) is 4.69. The molecule has 4 heteroatoms. The van der Waals surface area contributed by atoms with Crippen molar-refractivity contribution in [2.75, 3.05) is 5.75 Å². The Morgan fingerprint density at radius 3 is 2.90 bits per heavy atom. The molecule has 110 valence electrons. The standard InChI is InChI=1S/C16H25N3S/c1-4-5-8-11-20-16-14(12-17-13(2)3)19-10-7-6-9-15(19)18-16/h6-7,9-10,13,17H,4-5,8,11-12H2,1-3H3. The van der Waals surface area contributed by atoms with E-state index >= 15 is 0 Å². The van der Waals surface area contributed by atoms with Crippen molar-refractivity contribution in [1.29, 1.82) is 0 Å². The molecule has 0 aliphatic rings. The van der Waals surface area contributed by atoms with E-state index in [0.29, 0.717) is 6.04 Å². The fraction of sp³-hybridized carbons (Fsp3) is 0.562. The third-order valence-corrected chi connectivity index (χ3v) is 4.35. The van der Waals surface area contributed by atoms with Gasteiger partial charge in [-0.15, -0.1) is 11.8 Å². The van der Waals surface area contributed by atoms with Crippen molar-refractivity contribution in [3.05, 3.63) is 30.1 Å². The Balaban J connectivity index is 2.15. The highest BCUT2D eigenvalue weighted by molar-refractivity contribution is 7.99. The number of nitrogens with zero attached hydrogens (tertiary/aromatic N) is 2. The lowest BCUT2D eigenvalue weighted by Gasteiger charge is -2.09. The predicted molar refractivity (Wildman–Crippen MR) is 87.4 cm³/mol. The summed E-state index contributed by atoms with van der Waals surface area (Å²) in [6.45, 7) is 7.47. The van der Waals surface area contributed by atoms with Crippen molar-refractivity contribution in [3.63, 3.8) is 0 Å². The highest BCUT2D eigenvalue weighted by Crippen LogP contribution is 2.24. The Morgan fingerprint density at radius 1 is 1.30 bits per heavy atom. The number of imidazole rings is 1. The van der Waals surface area contributed by atoms with Crippen LogP contribution in [0.1, 0.15) is 45.7 Å². The molecule has 0 aromatic carbocycles.